The van der Waals surface area contributed by atoms with Gasteiger partial charge in [-0.1, -0.05) is 17.7 Å². The second kappa shape index (κ2) is 6.96. The molecule has 0 unspecified atom stereocenters. The second-order valence-electron chi connectivity index (χ2n) is 7.30. The van der Waals surface area contributed by atoms with E-state index in [1.54, 1.807) is 9.21 Å². The zero-order valence-corrected chi connectivity index (χ0v) is 15.7. The standard InChI is InChI=1S/C18H26N2O4S/c1-15-3-5-16(6-4-15)24-11-12-25(22,23)20-9-7-18(8-10-20)13-17(21)19(2)14-18/h3-6H,7-14H2,1-2H3. The number of hydrogen-bond acceptors (Lipinski definition) is 4. The Hall–Kier alpha value is -1.60. The van der Waals surface area contributed by atoms with Crippen molar-refractivity contribution in [1.29, 1.82) is 0 Å². The molecule has 0 atom stereocenters. The van der Waals surface area contributed by atoms with E-state index in [1.807, 2.05) is 38.2 Å². The van der Waals surface area contributed by atoms with Crippen LogP contribution in [0.4, 0.5) is 0 Å². The van der Waals surface area contributed by atoms with E-state index in [9.17, 15) is 13.2 Å². The number of hydrogen-bond donors (Lipinski definition) is 0. The summed E-state index contributed by atoms with van der Waals surface area (Å²) in [5, 5.41) is 0. The van der Waals surface area contributed by atoms with Crippen LogP contribution in [0.5, 0.6) is 5.75 Å². The highest BCUT2D eigenvalue weighted by Crippen LogP contribution is 2.40. The lowest BCUT2D eigenvalue weighted by atomic mass is 9.78. The van der Waals surface area contributed by atoms with Gasteiger partial charge in [-0.3, -0.25) is 4.79 Å². The molecule has 0 aliphatic carbocycles. The van der Waals surface area contributed by atoms with Crippen LogP contribution < -0.4 is 4.74 Å². The largest absolute Gasteiger partial charge is 0.492 e. The lowest BCUT2D eigenvalue weighted by Gasteiger charge is -2.37. The molecule has 0 N–H and O–H groups in total. The van der Waals surface area contributed by atoms with Gasteiger partial charge in [0.05, 0.1) is 5.75 Å². The van der Waals surface area contributed by atoms with Gasteiger partial charge < -0.3 is 9.64 Å². The number of amides is 1. The van der Waals surface area contributed by atoms with Crippen molar-refractivity contribution in [2.45, 2.75) is 26.2 Å². The molecule has 1 aromatic carbocycles. The van der Waals surface area contributed by atoms with Crippen LogP contribution >= 0.6 is 0 Å². The van der Waals surface area contributed by atoms with Crippen LogP contribution in [0.2, 0.25) is 0 Å². The van der Waals surface area contributed by atoms with Crippen molar-refractivity contribution >= 4 is 15.9 Å². The van der Waals surface area contributed by atoms with E-state index >= 15 is 0 Å². The molecule has 1 aromatic rings. The first-order chi connectivity index (χ1) is 11.8. The van der Waals surface area contributed by atoms with Crippen molar-refractivity contribution < 1.29 is 17.9 Å². The third-order valence-corrected chi connectivity index (χ3v) is 7.17. The summed E-state index contributed by atoms with van der Waals surface area (Å²) in [5.41, 5.74) is 1.11. The first-order valence-electron chi connectivity index (χ1n) is 8.71. The quantitative estimate of drug-likeness (QED) is 0.795. The highest BCUT2D eigenvalue weighted by molar-refractivity contribution is 7.89. The van der Waals surface area contributed by atoms with Crippen LogP contribution in [0.25, 0.3) is 0 Å². The molecular weight excluding hydrogens is 340 g/mol. The van der Waals surface area contributed by atoms with Crippen molar-refractivity contribution in [3.8, 4) is 5.75 Å². The maximum Gasteiger partial charge on any atom is 0.222 e. The van der Waals surface area contributed by atoms with E-state index in [-0.39, 0.29) is 23.7 Å². The van der Waals surface area contributed by atoms with Crippen LogP contribution in [-0.4, -0.2) is 62.6 Å². The van der Waals surface area contributed by atoms with Crippen LogP contribution in [0.3, 0.4) is 0 Å². The van der Waals surface area contributed by atoms with E-state index in [1.165, 1.54) is 0 Å². The summed E-state index contributed by atoms with van der Waals surface area (Å²) in [5.74, 6) is 0.834. The number of piperidine rings is 1. The molecule has 0 saturated carbocycles. The highest BCUT2D eigenvalue weighted by Gasteiger charge is 2.45. The summed E-state index contributed by atoms with van der Waals surface area (Å²) >= 11 is 0. The Labute approximate surface area is 149 Å². The van der Waals surface area contributed by atoms with Crippen LogP contribution in [0.15, 0.2) is 24.3 Å². The van der Waals surface area contributed by atoms with Gasteiger partial charge >= 0.3 is 0 Å². The molecule has 7 heteroatoms. The monoisotopic (exact) mass is 366 g/mol. The predicted octanol–water partition coefficient (Wildman–Crippen LogP) is 1.65. The Bertz CT molecular complexity index is 722. The average Bonchev–Trinajstić information content (AvgIpc) is 2.83. The summed E-state index contributed by atoms with van der Waals surface area (Å²) in [6, 6.07) is 7.57. The number of ether oxygens (including phenoxy) is 1. The van der Waals surface area contributed by atoms with E-state index in [4.69, 9.17) is 4.74 Å². The molecule has 1 spiro atoms. The normalized spacial score (nSPS) is 21.0. The summed E-state index contributed by atoms with van der Waals surface area (Å²) in [6.07, 6.45) is 2.05. The van der Waals surface area contributed by atoms with Gasteiger partial charge in [-0.2, -0.15) is 0 Å². The summed E-state index contributed by atoms with van der Waals surface area (Å²) in [7, 11) is -1.50. The van der Waals surface area contributed by atoms with Gasteiger partial charge in [0.25, 0.3) is 0 Å². The van der Waals surface area contributed by atoms with Crippen LogP contribution in [0.1, 0.15) is 24.8 Å². The van der Waals surface area contributed by atoms with E-state index in [0.29, 0.717) is 25.3 Å². The molecule has 0 bridgehead atoms. The third-order valence-electron chi connectivity index (χ3n) is 5.33. The van der Waals surface area contributed by atoms with Gasteiger partial charge in [0.1, 0.15) is 12.4 Å². The van der Waals surface area contributed by atoms with E-state index in [0.717, 1.165) is 24.9 Å². The topological polar surface area (TPSA) is 66.9 Å². The van der Waals surface area contributed by atoms with Crippen molar-refractivity contribution in [3.63, 3.8) is 0 Å². The molecule has 2 saturated heterocycles. The number of likely N-dealkylation sites (tertiary alicyclic amines) is 1. The summed E-state index contributed by atoms with van der Waals surface area (Å²) in [4.78, 5) is 13.6. The Morgan fingerprint density at radius 1 is 1.16 bits per heavy atom. The molecule has 6 nitrogen and oxygen atoms in total. The maximum absolute atomic E-state index is 12.5. The SMILES string of the molecule is Cc1ccc(OCCS(=O)(=O)N2CCC3(CC2)CC(=O)N(C)C3)cc1. The molecule has 2 fully saturated rings. The zero-order valence-electron chi connectivity index (χ0n) is 14.9. The Balaban J connectivity index is 1.50. The predicted molar refractivity (Wildman–Crippen MR) is 96.0 cm³/mol. The molecule has 1 amide bonds. The van der Waals surface area contributed by atoms with Gasteiger partial charge in [-0.15, -0.1) is 0 Å². The fourth-order valence-electron chi connectivity index (χ4n) is 3.70. The smallest absolute Gasteiger partial charge is 0.222 e. The van der Waals surface area contributed by atoms with Crippen molar-refractivity contribution in [2.24, 2.45) is 5.41 Å². The fraction of sp³-hybridized carbons (Fsp3) is 0.611. The first-order valence-corrected chi connectivity index (χ1v) is 10.3. The Kier molecular flexibility index (Phi) is 5.06. The minimum atomic E-state index is -3.33. The second-order valence-corrected chi connectivity index (χ2v) is 9.39. The number of carbonyl (C=O) groups excluding carboxylic acids is 1. The lowest BCUT2D eigenvalue weighted by Crippen LogP contribution is -2.45. The molecule has 2 heterocycles. The molecule has 25 heavy (non-hydrogen) atoms. The van der Waals surface area contributed by atoms with Gasteiger partial charge in [0.15, 0.2) is 0 Å². The zero-order chi connectivity index (χ0) is 18.1. The van der Waals surface area contributed by atoms with Crippen molar-refractivity contribution in [3.05, 3.63) is 29.8 Å². The van der Waals surface area contributed by atoms with E-state index < -0.39 is 10.0 Å². The molecule has 0 aromatic heterocycles. The average molecular weight is 366 g/mol. The van der Waals surface area contributed by atoms with Gasteiger partial charge in [0.2, 0.25) is 15.9 Å². The number of benzene rings is 1. The number of nitrogens with zero attached hydrogens (tertiary/aromatic N) is 2. The molecule has 2 aliphatic heterocycles. The molecule has 3 rings (SSSR count). The fourth-order valence-corrected chi connectivity index (χ4v) is 5.00. The molecule has 2 aliphatic rings. The number of carbonyl (C=O) groups is 1. The van der Waals surface area contributed by atoms with Crippen molar-refractivity contribution in [2.75, 3.05) is 39.0 Å². The van der Waals surface area contributed by atoms with Gasteiger partial charge in [-0.05, 0) is 37.3 Å². The third kappa shape index (κ3) is 4.15. The summed E-state index contributed by atoms with van der Waals surface area (Å²) < 4.78 is 32.2. The van der Waals surface area contributed by atoms with Gasteiger partial charge in [0, 0.05) is 33.1 Å². The lowest BCUT2D eigenvalue weighted by molar-refractivity contribution is -0.126. The minimum Gasteiger partial charge on any atom is -0.492 e. The Morgan fingerprint density at radius 3 is 2.36 bits per heavy atom. The van der Waals surface area contributed by atoms with Crippen LogP contribution in [-0.2, 0) is 14.8 Å². The number of rotatable bonds is 5. The molecular formula is C18H26N2O4S. The maximum atomic E-state index is 12.5. The highest BCUT2D eigenvalue weighted by atomic mass is 32.2. The molecule has 0 radical (unpaired) electrons. The molecule has 138 valence electrons. The van der Waals surface area contributed by atoms with Crippen LogP contribution in [0, 0.1) is 12.3 Å². The summed E-state index contributed by atoms with van der Waals surface area (Å²) in [6.45, 7) is 3.87. The van der Waals surface area contributed by atoms with Crippen molar-refractivity contribution in [1.82, 2.24) is 9.21 Å². The Morgan fingerprint density at radius 2 is 1.80 bits per heavy atom. The minimum absolute atomic E-state index is 0.0211. The van der Waals surface area contributed by atoms with E-state index in [2.05, 4.69) is 0 Å². The number of sulfonamides is 1. The van der Waals surface area contributed by atoms with Gasteiger partial charge in [-0.25, -0.2) is 12.7 Å². The number of aryl methyl sites for hydroxylation is 1. The first kappa shape index (κ1) is 18.2.